The molecule has 0 fully saturated rings. The van der Waals surface area contributed by atoms with Gasteiger partial charge in [0.15, 0.2) is 0 Å². The monoisotopic (exact) mass is 264 g/mol. The van der Waals surface area contributed by atoms with Crippen LogP contribution in [0.3, 0.4) is 0 Å². The zero-order valence-electron chi connectivity index (χ0n) is 5.98. The summed E-state index contributed by atoms with van der Waals surface area (Å²) in [5, 5.41) is 0. The van der Waals surface area contributed by atoms with Crippen molar-refractivity contribution in [3.8, 4) is 0 Å². The number of rotatable bonds is 3. The van der Waals surface area contributed by atoms with Crippen molar-refractivity contribution in [2.45, 2.75) is 4.43 Å². The Hall–Kier alpha value is -0.750. The van der Waals surface area contributed by atoms with Crippen molar-refractivity contribution in [3.05, 3.63) is 28.7 Å². The zero-order valence-corrected chi connectivity index (χ0v) is 8.13. The van der Waals surface area contributed by atoms with E-state index in [1.54, 1.807) is 6.33 Å². The molecule has 0 amide bonds. The van der Waals surface area contributed by atoms with Gasteiger partial charge in [-0.1, -0.05) is 0 Å². The molecule has 6 heteroatoms. The number of hydrogen-bond donors (Lipinski definition) is 0. The third-order valence-corrected chi connectivity index (χ3v) is 2.66. The summed E-state index contributed by atoms with van der Waals surface area (Å²) in [6, 6.07) is 0. The van der Waals surface area contributed by atoms with Crippen LogP contribution in [0.25, 0.3) is 10.4 Å². The van der Waals surface area contributed by atoms with Crippen LogP contribution in [-0.2, 0) is 11.5 Å². The molecule has 11 heavy (non-hydrogen) atoms. The van der Waals surface area contributed by atoms with Crippen LogP contribution in [0.1, 0.15) is 5.69 Å². The van der Waals surface area contributed by atoms with Gasteiger partial charge in [-0.05, 0) is 0 Å². The van der Waals surface area contributed by atoms with Crippen molar-refractivity contribution in [1.29, 1.82) is 0 Å². The molecule has 1 rings (SSSR count). The summed E-state index contributed by atoms with van der Waals surface area (Å²) < 4.78 is 6.22. The molecule has 0 aromatic carbocycles. The molecule has 0 aliphatic heterocycles. The zero-order chi connectivity index (χ0) is 8.10. The van der Waals surface area contributed by atoms with E-state index in [1.807, 2.05) is 17.8 Å². The number of azide groups is 1. The van der Waals surface area contributed by atoms with Gasteiger partial charge in [0.2, 0.25) is 0 Å². The molecule has 0 N–H and O–H groups in total. The Balaban J connectivity index is 2.44. The van der Waals surface area contributed by atoms with Gasteiger partial charge in [-0.3, -0.25) is 0 Å². The number of nitrogens with zero attached hydrogens (tertiary/aromatic N) is 5. The van der Waals surface area contributed by atoms with E-state index in [4.69, 9.17) is 5.53 Å². The number of alkyl halides is 1. The molecule has 0 atom stereocenters. The van der Waals surface area contributed by atoms with Crippen LogP contribution in [0.4, 0.5) is 0 Å². The fourth-order valence-corrected chi connectivity index (χ4v) is 1.68. The molecule has 0 spiro atoms. The van der Waals surface area contributed by atoms with Gasteiger partial charge in [-0.15, -0.1) is 0 Å². The third-order valence-electron chi connectivity index (χ3n) is 1.04. The summed E-state index contributed by atoms with van der Waals surface area (Å²) in [5.74, 6) is 0. The minimum absolute atomic E-state index is 0.408. The summed E-state index contributed by atoms with van der Waals surface area (Å²) >= 11 is -0.408. The molecule has 0 unspecified atom stereocenters. The molecule has 5 nitrogen and oxygen atoms in total. The van der Waals surface area contributed by atoms with Crippen LogP contribution in [0.5, 0.6) is 0 Å². The van der Waals surface area contributed by atoms with Crippen molar-refractivity contribution in [2.24, 2.45) is 10.4 Å². The Kier molecular flexibility index (Phi) is 3.18. The summed E-state index contributed by atoms with van der Waals surface area (Å²) in [6.07, 6.45) is 3.68. The van der Waals surface area contributed by atoms with E-state index < -0.39 is 21.5 Å². The standard InChI is InChI=1S/C5H7IN5/c1-11-3-5(8-4-11)2-6-9-10-7/h3-4H,2H2,1H3/q-1. The van der Waals surface area contributed by atoms with Crippen LogP contribution in [0.15, 0.2) is 15.9 Å². The fraction of sp³-hybridized carbons (Fsp3) is 0.400. The van der Waals surface area contributed by atoms with Crippen LogP contribution < -0.4 is 21.5 Å². The van der Waals surface area contributed by atoms with Gasteiger partial charge in [-0.25, -0.2) is 0 Å². The van der Waals surface area contributed by atoms with Gasteiger partial charge in [-0.2, -0.15) is 0 Å². The second-order valence-corrected chi connectivity index (χ2v) is 3.83. The number of hydrogen-bond acceptors (Lipinski definition) is 2. The van der Waals surface area contributed by atoms with Crippen molar-refractivity contribution in [1.82, 2.24) is 9.55 Å². The minimum atomic E-state index is -0.408. The maximum absolute atomic E-state index is 8.01. The predicted molar refractivity (Wildman–Crippen MR) is 36.1 cm³/mol. The SMILES string of the molecule is Cn1cnc(C[I-]N=[N+]=[N-])c1. The quantitative estimate of drug-likeness (QED) is 0.209. The van der Waals surface area contributed by atoms with E-state index in [1.165, 1.54) is 0 Å². The summed E-state index contributed by atoms with van der Waals surface area (Å²) in [5.41, 5.74) is 9.02. The van der Waals surface area contributed by atoms with E-state index in [9.17, 15) is 0 Å². The number of aromatic nitrogens is 2. The second-order valence-electron chi connectivity index (χ2n) is 1.95. The third kappa shape index (κ3) is 2.77. The van der Waals surface area contributed by atoms with E-state index in [-0.39, 0.29) is 0 Å². The van der Waals surface area contributed by atoms with Gasteiger partial charge < -0.3 is 0 Å². The summed E-state index contributed by atoms with van der Waals surface area (Å²) in [4.78, 5) is 6.79. The van der Waals surface area contributed by atoms with Crippen LogP contribution >= 0.6 is 0 Å². The Labute approximate surface area is 74.7 Å². The van der Waals surface area contributed by atoms with Crippen molar-refractivity contribution >= 4 is 0 Å². The van der Waals surface area contributed by atoms with Gasteiger partial charge in [0.1, 0.15) is 0 Å². The van der Waals surface area contributed by atoms with Crippen molar-refractivity contribution in [3.63, 3.8) is 0 Å². The summed E-state index contributed by atoms with van der Waals surface area (Å²) in [6.45, 7) is 0. The first-order valence-corrected chi connectivity index (χ1v) is 5.41. The number of aryl methyl sites for hydroxylation is 1. The second kappa shape index (κ2) is 4.20. The fourth-order valence-electron chi connectivity index (χ4n) is 0.648. The molecule has 60 valence electrons. The normalized spacial score (nSPS) is 9.55. The van der Waals surface area contributed by atoms with Crippen LogP contribution in [-0.4, -0.2) is 9.55 Å². The first-order valence-electron chi connectivity index (χ1n) is 2.92. The van der Waals surface area contributed by atoms with E-state index in [0.29, 0.717) is 0 Å². The topological polar surface area (TPSA) is 66.6 Å². The first kappa shape index (κ1) is 8.35. The maximum atomic E-state index is 8.01. The number of halogens is 1. The predicted octanol–water partition coefficient (Wildman–Crippen LogP) is -1.77. The van der Waals surface area contributed by atoms with E-state index in [0.717, 1.165) is 10.1 Å². The Morgan fingerprint density at radius 2 is 2.73 bits per heavy atom. The molecule has 0 radical (unpaired) electrons. The van der Waals surface area contributed by atoms with Gasteiger partial charge in [0.05, 0.1) is 0 Å². The molecule has 0 bridgehead atoms. The molecular formula is C5H7IN5-. The molecule has 1 aromatic rings. The van der Waals surface area contributed by atoms with Gasteiger partial charge >= 0.3 is 74.5 Å². The molecule has 1 aromatic heterocycles. The molecule has 1 heterocycles. The molecule has 0 aliphatic rings. The molecule has 0 saturated carbocycles. The van der Waals surface area contributed by atoms with Gasteiger partial charge in [0, 0.05) is 0 Å². The van der Waals surface area contributed by atoms with Crippen molar-refractivity contribution in [2.75, 3.05) is 0 Å². The first-order chi connectivity index (χ1) is 5.33. The molecule has 0 aliphatic carbocycles. The van der Waals surface area contributed by atoms with Gasteiger partial charge in [0.25, 0.3) is 0 Å². The van der Waals surface area contributed by atoms with Crippen molar-refractivity contribution < 1.29 is 21.5 Å². The molecule has 0 saturated heterocycles. The average Bonchev–Trinajstić information content (AvgIpc) is 2.37. The van der Waals surface area contributed by atoms with E-state index in [2.05, 4.69) is 13.2 Å². The summed E-state index contributed by atoms with van der Waals surface area (Å²) in [7, 11) is 1.92. The Bertz CT molecular complexity index is 274. The number of imidazole rings is 1. The molecular weight excluding hydrogens is 257 g/mol. The Morgan fingerprint density at radius 3 is 3.27 bits per heavy atom. The Morgan fingerprint density at radius 1 is 1.91 bits per heavy atom. The van der Waals surface area contributed by atoms with Crippen LogP contribution in [0.2, 0.25) is 0 Å². The van der Waals surface area contributed by atoms with E-state index >= 15 is 0 Å². The average molecular weight is 264 g/mol. The van der Waals surface area contributed by atoms with Crippen LogP contribution in [0, 0.1) is 0 Å².